The molecule has 1 amide bonds. The minimum atomic E-state index is -0.0587. The Hall–Kier alpha value is -1.48. The lowest BCUT2D eigenvalue weighted by molar-refractivity contribution is -0.121. The van der Waals surface area contributed by atoms with Gasteiger partial charge in [-0.05, 0) is 58.1 Å². The lowest BCUT2D eigenvalue weighted by atomic mass is 10.2. The smallest absolute Gasteiger partial charge is 0.266 e. The number of methoxy groups -OCH3 is 1. The van der Waals surface area contributed by atoms with Crippen molar-refractivity contribution < 1.29 is 14.3 Å². The molecule has 1 saturated heterocycles. The summed E-state index contributed by atoms with van der Waals surface area (Å²) in [5, 5.41) is 0.689. The summed E-state index contributed by atoms with van der Waals surface area (Å²) in [5.74, 6) is 1.24. The lowest BCUT2D eigenvalue weighted by Gasteiger charge is -2.12. The molecule has 1 aliphatic heterocycles. The Labute approximate surface area is 153 Å². The quantitative estimate of drug-likeness (QED) is 0.397. The van der Waals surface area contributed by atoms with Crippen LogP contribution < -0.4 is 9.47 Å². The van der Waals surface area contributed by atoms with Gasteiger partial charge in [0.05, 0.1) is 15.6 Å². The van der Waals surface area contributed by atoms with Crippen LogP contribution in [-0.4, -0.2) is 43.8 Å². The second-order valence-corrected chi connectivity index (χ2v) is 6.79. The van der Waals surface area contributed by atoms with Gasteiger partial charge in [0.1, 0.15) is 6.61 Å². The molecule has 0 aliphatic carbocycles. The fraction of sp³-hybridized carbons (Fsp3) is 0.250. The van der Waals surface area contributed by atoms with Crippen LogP contribution in [0, 0.1) is 3.57 Å². The Balaban J connectivity index is 2.38. The number of carbonyl (C=O) groups is 1. The van der Waals surface area contributed by atoms with Gasteiger partial charge in [-0.15, -0.1) is 0 Å². The average molecular weight is 444 g/mol. The molecule has 5 nitrogen and oxygen atoms in total. The van der Waals surface area contributed by atoms with Crippen LogP contribution in [0.5, 0.6) is 11.5 Å². The maximum atomic E-state index is 12.2. The van der Waals surface area contributed by atoms with Crippen molar-refractivity contribution in [2.24, 2.45) is 4.99 Å². The number of aliphatic imine (C=N–C) groups is 1. The molecule has 0 N–H and O–H groups in total. The monoisotopic (exact) mass is 444 g/mol. The molecule has 1 fully saturated rings. The van der Waals surface area contributed by atoms with Crippen LogP contribution in [0.1, 0.15) is 5.56 Å². The van der Waals surface area contributed by atoms with Gasteiger partial charge in [-0.1, -0.05) is 12.7 Å². The van der Waals surface area contributed by atoms with E-state index in [0.717, 1.165) is 9.13 Å². The Bertz CT molecular complexity index is 701. The largest absolute Gasteiger partial charge is 0.493 e. The molecule has 23 heavy (non-hydrogen) atoms. The van der Waals surface area contributed by atoms with E-state index in [1.54, 1.807) is 32.2 Å². The number of hydrogen-bond acceptors (Lipinski definition) is 5. The highest BCUT2D eigenvalue weighted by molar-refractivity contribution is 14.1. The van der Waals surface area contributed by atoms with Gasteiger partial charge < -0.3 is 9.47 Å². The van der Waals surface area contributed by atoms with E-state index in [1.807, 2.05) is 18.2 Å². The Morgan fingerprint density at radius 2 is 2.22 bits per heavy atom. The molecule has 0 saturated carbocycles. The van der Waals surface area contributed by atoms with Gasteiger partial charge in [0.15, 0.2) is 16.7 Å². The predicted molar refractivity (Wildman–Crippen MR) is 103 cm³/mol. The highest BCUT2D eigenvalue weighted by atomic mass is 127. The number of nitrogens with zero attached hydrogens (tertiary/aromatic N) is 2. The summed E-state index contributed by atoms with van der Waals surface area (Å²) < 4.78 is 11.9. The van der Waals surface area contributed by atoms with Crippen LogP contribution in [0.2, 0.25) is 0 Å². The number of benzene rings is 1. The number of amides is 1. The van der Waals surface area contributed by atoms with Crippen LogP contribution in [0.4, 0.5) is 0 Å². The lowest BCUT2D eigenvalue weighted by Crippen LogP contribution is -2.23. The summed E-state index contributed by atoms with van der Waals surface area (Å²) in [6.07, 6.45) is 3.52. The Morgan fingerprint density at radius 1 is 1.48 bits per heavy atom. The van der Waals surface area contributed by atoms with Crippen molar-refractivity contribution in [3.63, 3.8) is 0 Å². The normalized spacial score (nSPS) is 17.9. The van der Waals surface area contributed by atoms with E-state index in [1.165, 1.54) is 11.8 Å². The summed E-state index contributed by atoms with van der Waals surface area (Å²) in [7, 11) is 4.98. The van der Waals surface area contributed by atoms with Gasteiger partial charge in [0.2, 0.25) is 0 Å². The first-order chi connectivity index (χ1) is 11.0. The first kappa shape index (κ1) is 17.9. The minimum absolute atomic E-state index is 0.0587. The Kier molecular flexibility index (Phi) is 6.11. The van der Waals surface area contributed by atoms with E-state index < -0.39 is 0 Å². The van der Waals surface area contributed by atoms with E-state index in [4.69, 9.17) is 9.47 Å². The minimum Gasteiger partial charge on any atom is -0.493 e. The zero-order valence-electron chi connectivity index (χ0n) is 13.1. The average Bonchev–Trinajstić information content (AvgIpc) is 2.81. The molecule has 0 bridgehead atoms. The molecule has 1 aromatic carbocycles. The number of likely N-dealkylation sites (N-methyl/N-ethyl adjacent to an activating group) is 1. The highest BCUT2D eigenvalue weighted by Crippen LogP contribution is 2.36. The second-order valence-electron chi connectivity index (χ2n) is 4.61. The van der Waals surface area contributed by atoms with E-state index in [2.05, 4.69) is 34.2 Å². The molecule has 0 unspecified atom stereocenters. The molecule has 0 atom stereocenters. The van der Waals surface area contributed by atoms with Crippen molar-refractivity contribution in [1.29, 1.82) is 0 Å². The summed E-state index contributed by atoms with van der Waals surface area (Å²) in [6.45, 7) is 4.05. The van der Waals surface area contributed by atoms with E-state index in [-0.39, 0.29) is 5.91 Å². The number of ether oxygens (including phenoxy) is 2. The third kappa shape index (κ3) is 3.89. The number of hydrogen-bond donors (Lipinski definition) is 0. The predicted octanol–water partition coefficient (Wildman–Crippen LogP) is 3.40. The number of amidine groups is 1. The van der Waals surface area contributed by atoms with Gasteiger partial charge in [-0.3, -0.25) is 14.7 Å². The molecule has 0 aromatic heterocycles. The zero-order valence-corrected chi connectivity index (χ0v) is 16.1. The molecule has 122 valence electrons. The van der Waals surface area contributed by atoms with Crippen LogP contribution in [0.3, 0.4) is 0 Å². The van der Waals surface area contributed by atoms with Crippen molar-refractivity contribution in [1.82, 2.24) is 4.90 Å². The zero-order chi connectivity index (χ0) is 17.0. The fourth-order valence-corrected chi connectivity index (χ4v) is 3.71. The number of carbonyl (C=O) groups excluding carboxylic acids is 1. The first-order valence-corrected chi connectivity index (χ1v) is 8.67. The van der Waals surface area contributed by atoms with E-state index >= 15 is 0 Å². The van der Waals surface area contributed by atoms with Gasteiger partial charge in [-0.25, -0.2) is 0 Å². The molecule has 1 aromatic rings. The second kappa shape index (κ2) is 7.87. The van der Waals surface area contributed by atoms with Crippen molar-refractivity contribution in [2.75, 3.05) is 27.8 Å². The van der Waals surface area contributed by atoms with Crippen molar-refractivity contribution in [3.8, 4) is 11.5 Å². The van der Waals surface area contributed by atoms with Crippen molar-refractivity contribution in [3.05, 3.63) is 38.8 Å². The van der Waals surface area contributed by atoms with Crippen LogP contribution in [-0.2, 0) is 4.79 Å². The van der Waals surface area contributed by atoms with Gasteiger partial charge >= 0.3 is 0 Å². The fourth-order valence-electron chi connectivity index (χ4n) is 2.01. The molecule has 1 aliphatic rings. The van der Waals surface area contributed by atoms with Gasteiger partial charge in [0, 0.05) is 14.1 Å². The summed E-state index contributed by atoms with van der Waals surface area (Å²) in [5.41, 5.74) is 0.874. The molecular weight excluding hydrogens is 427 g/mol. The SMILES string of the molecule is C=CCOc1c(I)cc(/C=C2/SC(=NC)N(C)C2=O)cc1OC. The third-order valence-electron chi connectivity index (χ3n) is 3.09. The number of rotatable bonds is 5. The molecule has 1 heterocycles. The van der Waals surface area contributed by atoms with Gasteiger partial charge in [-0.2, -0.15) is 0 Å². The summed E-state index contributed by atoms with van der Waals surface area (Å²) in [6, 6.07) is 3.80. The van der Waals surface area contributed by atoms with Crippen molar-refractivity contribution >= 4 is 51.5 Å². The number of thioether (sulfide) groups is 1. The maximum absolute atomic E-state index is 12.2. The van der Waals surface area contributed by atoms with Crippen LogP contribution in [0.25, 0.3) is 6.08 Å². The highest BCUT2D eigenvalue weighted by Gasteiger charge is 2.29. The first-order valence-electron chi connectivity index (χ1n) is 6.77. The maximum Gasteiger partial charge on any atom is 0.266 e. The molecule has 7 heteroatoms. The van der Waals surface area contributed by atoms with Crippen molar-refractivity contribution in [2.45, 2.75) is 0 Å². The van der Waals surface area contributed by atoms with E-state index in [9.17, 15) is 4.79 Å². The molecule has 0 spiro atoms. The van der Waals surface area contributed by atoms with Crippen LogP contribution in [0.15, 0.2) is 34.7 Å². The standard InChI is InChI=1S/C16H17IN2O3S/c1-5-6-22-14-11(17)7-10(8-12(14)21-4)9-13-15(20)19(3)16(18-2)23-13/h5,7-9H,1,6H2,2-4H3/b13-9+,18-16?. The summed E-state index contributed by atoms with van der Waals surface area (Å²) in [4.78, 5) is 18.5. The van der Waals surface area contributed by atoms with E-state index in [0.29, 0.717) is 28.2 Å². The Morgan fingerprint density at radius 3 is 2.78 bits per heavy atom. The molecule has 0 radical (unpaired) electrons. The molecule has 2 rings (SSSR count). The topological polar surface area (TPSA) is 51.1 Å². The van der Waals surface area contributed by atoms with Crippen LogP contribution >= 0.6 is 34.4 Å². The third-order valence-corrected chi connectivity index (χ3v) is 5.04. The molecular formula is C16H17IN2O3S. The summed E-state index contributed by atoms with van der Waals surface area (Å²) >= 11 is 3.55. The number of halogens is 1. The van der Waals surface area contributed by atoms with Gasteiger partial charge in [0.25, 0.3) is 5.91 Å².